The SMILES string of the molecule is COc1cc(/C=C(\C#N)c2nc3ccccc3s2)cc([N+](=O)[O-])c1OC(C)C. The van der Waals surface area contributed by atoms with Crippen LogP contribution >= 0.6 is 11.3 Å². The summed E-state index contributed by atoms with van der Waals surface area (Å²) in [6.07, 6.45) is 1.30. The van der Waals surface area contributed by atoms with Gasteiger partial charge in [0.2, 0.25) is 5.75 Å². The van der Waals surface area contributed by atoms with Gasteiger partial charge in [-0.25, -0.2) is 4.98 Å². The molecule has 8 heteroatoms. The summed E-state index contributed by atoms with van der Waals surface area (Å²) in [5.41, 5.74) is 1.35. The van der Waals surface area contributed by atoms with Gasteiger partial charge in [0, 0.05) is 6.07 Å². The largest absolute Gasteiger partial charge is 0.493 e. The maximum Gasteiger partial charge on any atom is 0.315 e. The zero-order valence-electron chi connectivity index (χ0n) is 15.5. The molecule has 142 valence electrons. The predicted octanol–water partition coefficient (Wildman–Crippen LogP) is 5.06. The van der Waals surface area contributed by atoms with E-state index in [4.69, 9.17) is 9.47 Å². The number of rotatable bonds is 6. The van der Waals surface area contributed by atoms with Crippen LogP contribution < -0.4 is 9.47 Å². The summed E-state index contributed by atoms with van der Waals surface area (Å²) >= 11 is 1.39. The highest BCUT2D eigenvalue weighted by Gasteiger charge is 2.23. The van der Waals surface area contributed by atoms with E-state index in [0.717, 1.165) is 10.2 Å². The van der Waals surface area contributed by atoms with E-state index in [1.165, 1.54) is 24.5 Å². The number of hydrogen-bond donors (Lipinski definition) is 0. The first-order valence-electron chi connectivity index (χ1n) is 8.43. The first-order chi connectivity index (χ1) is 13.4. The van der Waals surface area contributed by atoms with E-state index in [-0.39, 0.29) is 23.3 Å². The van der Waals surface area contributed by atoms with Gasteiger partial charge in [0.25, 0.3) is 0 Å². The second-order valence-electron chi connectivity index (χ2n) is 6.15. The minimum absolute atomic E-state index is 0.0677. The Morgan fingerprint density at radius 2 is 2.11 bits per heavy atom. The van der Waals surface area contributed by atoms with E-state index < -0.39 is 4.92 Å². The molecule has 0 amide bonds. The third-order valence-corrected chi connectivity index (χ3v) is 4.85. The summed E-state index contributed by atoms with van der Waals surface area (Å²) in [4.78, 5) is 15.5. The van der Waals surface area contributed by atoms with Crippen molar-refractivity contribution >= 4 is 38.9 Å². The minimum Gasteiger partial charge on any atom is -0.493 e. The van der Waals surface area contributed by atoms with Crippen molar-refractivity contribution in [1.82, 2.24) is 4.98 Å². The number of hydrogen-bond acceptors (Lipinski definition) is 7. The predicted molar refractivity (Wildman–Crippen MR) is 109 cm³/mol. The van der Waals surface area contributed by atoms with Gasteiger partial charge in [0.05, 0.1) is 33.9 Å². The molecule has 0 bridgehead atoms. The molecule has 0 spiro atoms. The smallest absolute Gasteiger partial charge is 0.315 e. The molecule has 0 atom stereocenters. The Kier molecular flexibility index (Phi) is 5.57. The van der Waals surface area contributed by atoms with E-state index in [0.29, 0.717) is 16.1 Å². The van der Waals surface area contributed by atoms with Crippen molar-refractivity contribution < 1.29 is 14.4 Å². The lowest BCUT2D eigenvalue weighted by atomic mass is 10.1. The van der Waals surface area contributed by atoms with Crippen LogP contribution in [0.3, 0.4) is 0 Å². The number of fused-ring (bicyclic) bond motifs is 1. The number of para-hydroxylation sites is 1. The lowest BCUT2D eigenvalue weighted by Gasteiger charge is -2.14. The molecule has 2 aromatic carbocycles. The molecule has 0 saturated carbocycles. The molecule has 3 aromatic rings. The summed E-state index contributed by atoms with van der Waals surface area (Å²) in [7, 11) is 1.42. The number of nitro groups is 1. The molecule has 0 fully saturated rings. The van der Waals surface area contributed by atoms with Crippen LogP contribution in [0.25, 0.3) is 21.9 Å². The van der Waals surface area contributed by atoms with Gasteiger partial charge in [-0.3, -0.25) is 10.1 Å². The normalized spacial score (nSPS) is 11.5. The van der Waals surface area contributed by atoms with Gasteiger partial charge in [-0.2, -0.15) is 5.26 Å². The van der Waals surface area contributed by atoms with E-state index in [9.17, 15) is 15.4 Å². The second kappa shape index (κ2) is 8.06. The number of aromatic nitrogens is 1. The van der Waals surface area contributed by atoms with E-state index in [2.05, 4.69) is 11.1 Å². The summed E-state index contributed by atoms with van der Waals surface area (Å²) in [6, 6.07) is 12.7. The van der Waals surface area contributed by atoms with Gasteiger partial charge in [-0.15, -0.1) is 11.3 Å². The van der Waals surface area contributed by atoms with E-state index >= 15 is 0 Å². The molecule has 1 aromatic heterocycles. The van der Waals surface area contributed by atoms with Crippen LogP contribution in [0.1, 0.15) is 24.4 Å². The lowest BCUT2D eigenvalue weighted by molar-refractivity contribution is -0.386. The first kappa shape index (κ1) is 19.3. The van der Waals surface area contributed by atoms with Crippen molar-refractivity contribution in [3.63, 3.8) is 0 Å². The lowest BCUT2D eigenvalue weighted by Crippen LogP contribution is -2.09. The summed E-state index contributed by atoms with van der Waals surface area (Å²) in [6.45, 7) is 3.55. The van der Waals surface area contributed by atoms with Crippen LogP contribution in [-0.2, 0) is 0 Å². The molecule has 7 nitrogen and oxygen atoms in total. The summed E-state index contributed by atoms with van der Waals surface area (Å²) in [5, 5.41) is 21.7. The van der Waals surface area contributed by atoms with Gasteiger partial charge in [-0.05, 0) is 43.7 Å². The van der Waals surface area contributed by atoms with Gasteiger partial charge in [0.15, 0.2) is 5.75 Å². The molecule has 0 aliphatic carbocycles. The molecule has 0 aliphatic rings. The van der Waals surface area contributed by atoms with Crippen molar-refractivity contribution in [3.05, 3.63) is 57.1 Å². The molecule has 0 radical (unpaired) electrons. The quantitative estimate of drug-likeness (QED) is 0.328. The summed E-state index contributed by atoms with van der Waals surface area (Å²) < 4.78 is 11.8. The number of ether oxygens (including phenoxy) is 2. The average molecular weight is 395 g/mol. The van der Waals surface area contributed by atoms with Gasteiger partial charge >= 0.3 is 5.69 Å². The number of methoxy groups -OCH3 is 1. The highest BCUT2D eigenvalue weighted by molar-refractivity contribution is 7.19. The van der Waals surface area contributed by atoms with Gasteiger partial charge in [-0.1, -0.05) is 12.1 Å². The topological polar surface area (TPSA) is 98.3 Å². The Morgan fingerprint density at radius 1 is 1.36 bits per heavy atom. The van der Waals surface area contributed by atoms with Crippen LogP contribution in [0.4, 0.5) is 5.69 Å². The number of nitriles is 1. The van der Waals surface area contributed by atoms with Gasteiger partial charge < -0.3 is 9.47 Å². The third kappa shape index (κ3) is 3.94. The zero-order chi connectivity index (χ0) is 20.3. The second-order valence-corrected chi connectivity index (χ2v) is 7.18. The Balaban J connectivity index is 2.12. The average Bonchev–Trinajstić information content (AvgIpc) is 3.10. The van der Waals surface area contributed by atoms with Crippen molar-refractivity contribution in [2.75, 3.05) is 7.11 Å². The Labute approximate surface area is 165 Å². The van der Waals surface area contributed by atoms with Crippen molar-refractivity contribution in [3.8, 4) is 17.6 Å². The van der Waals surface area contributed by atoms with Crippen molar-refractivity contribution in [2.45, 2.75) is 20.0 Å². The zero-order valence-corrected chi connectivity index (χ0v) is 16.3. The maximum atomic E-state index is 11.5. The fourth-order valence-electron chi connectivity index (χ4n) is 2.63. The Morgan fingerprint density at radius 3 is 2.71 bits per heavy atom. The number of allylic oxidation sites excluding steroid dienone is 1. The summed E-state index contributed by atoms with van der Waals surface area (Å²) in [5.74, 6) is 0.300. The minimum atomic E-state index is -0.526. The maximum absolute atomic E-state index is 11.5. The first-order valence-corrected chi connectivity index (χ1v) is 9.25. The standard InChI is InChI=1S/C20H17N3O4S/c1-12(2)27-19-16(23(24)25)9-13(10-17(19)26-3)8-14(11-21)20-22-15-6-4-5-7-18(15)28-20/h4-10,12H,1-3H3/b14-8+. The highest BCUT2D eigenvalue weighted by Crippen LogP contribution is 2.40. The molecular formula is C20H17N3O4S. The molecule has 1 heterocycles. The fourth-order valence-corrected chi connectivity index (χ4v) is 3.56. The molecule has 0 N–H and O–H groups in total. The Hall–Kier alpha value is -3.44. The number of thiazole rings is 1. The monoisotopic (exact) mass is 395 g/mol. The molecule has 0 saturated heterocycles. The van der Waals surface area contributed by atoms with Crippen LogP contribution in [0.5, 0.6) is 11.5 Å². The van der Waals surface area contributed by atoms with Gasteiger partial charge in [0.1, 0.15) is 11.1 Å². The molecular weight excluding hydrogens is 378 g/mol. The van der Waals surface area contributed by atoms with Crippen LogP contribution in [0.2, 0.25) is 0 Å². The molecule has 0 aliphatic heterocycles. The van der Waals surface area contributed by atoms with Crippen LogP contribution in [0.15, 0.2) is 36.4 Å². The Bertz CT molecular complexity index is 1080. The molecule has 0 unspecified atom stereocenters. The van der Waals surface area contributed by atoms with Crippen molar-refractivity contribution in [1.29, 1.82) is 5.26 Å². The van der Waals surface area contributed by atoms with E-state index in [1.807, 2.05) is 24.3 Å². The number of benzene rings is 2. The fraction of sp³-hybridized carbons (Fsp3) is 0.200. The number of nitrogens with zero attached hydrogens (tertiary/aromatic N) is 3. The van der Waals surface area contributed by atoms with E-state index in [1.54, 1.807) is 26.0 Å². The highest BCUT2D eigenvalue weighted by atomic mass is 32.1. The molecule has 3 rings (SSSR count). The number of nitro benzene ring substituents is 1. The van der Waals surface area contributed by atoms with Crippen LogP contribution in [-0.4, -0.2) is 23.1 Å². The van der Waals surface area contributed by atoms with Crippen LogP contribution in [0, 0.1) is 21.4 Å². The van der Waals surface area contributed by atoms with Crippen molar-refractivity contribution in [2.24, 2.45) is 0 Å². The molecule has 28 heavy (non-hydrogen) atoms. The third-order valence-electron chi connectivity index (χ3n) is 3.78.